The molecule has 0 saturated carbocycles. The molecular formula is C21H21N5O. The molecule has 1 aromatic heterocycles. The normalized spacial score (nSPS) is 14.1. The molecule has 1 fully saturated rings. The Morgan fingerprint density at radius 3 is 2.22 bits per heavy atom. The van der Waals surface area contributed by atoms with Gasteiger partial charge in [-0.05, 0) is 12.1 Å². The molecule has 3 aromatic rings. The van der Waals surface area contributed by atoms with Crippen molar-refractivity contribution >= 4 is 17.5 Å². The van der Waals surface area contributed by atoms with Crippen LogP contribution in [0.4, 0.5) is 16.3 Å². The third-order valence-corrected chi connectivity index (χ3v) is 4.64. The Morgan fingerprint density at radius 2 is 1.52 bits per heavy atom. The van der Waals surface area contributed by atoms with Gasteiger partial charge in [0, 0.05) is 43.5 Å². The van der Waals surface area contributed by atoms with Gasteiger partial charge in [0.25, 0.3) is 0 Å². The summed E-state index contributed by atoms with van der Waals surface area (Å²) in [6, 6.07) is 21.5. The molecule has 6 nitrogen and oxygen atoms in total. The van der Waals surface area contributed by atoms with Crippen LogP contribution in [0, 0.1) is 0 Å². The number of amides is 2. The Kier molecular flexibility index (Phi) is 4.96. The first-order chi connectivity index (χ1) is 13.3. The zero-order valence-corrected chi connectivity index (χ0v) is 15.0. The number of carbonyl (C=O) groups excluding carboxylic acids is 1. The van der Waals surface area contributed by atoms with E-state index in [1.165, 1.54) is 0 Å². The number of nitrogens with one attached hydrogen (secondary N) is 1. The van der Waals surface area contributed by atoms with Crippen molar-refractivity contribution in [3.63, 3.8) is 0 Å². The number of anilines is 2. The Balaban J connectivity index is 1.39. The lowest BCUT2D eigenvalue weighted by Crippen LogP contribution is -2.50. The molecule has 27 heavy (non-hydrogen) atoms. The highest BCUT2D eigenvalue weighted by atomic mass is 16.2. The molecule has 1 saturated heterocycles. The Hall–Kier alpha value is -3.41. The van der Waals surface area contributed by atoms with E-state index in [0.717, 1.165) is 35.9 Å². The van der Waals surface area contributed by atoms with E-state index >= 15 is 0 Å². The summed E-state index contributed by atoms with van der Waals surface area (Å²) in [7, 11) is 0. The van der Waals surface area contributed by atoms with Crippen LogP contribution in [0.5, 0.6) is 0 Å². The van der Waals surface area contributed by atoms with Crippen LogP contribution in [0.1, 0.15) is 0 Å². The van der Waals surface area contributed by atoms with Gasteiger partial charge in [-0.1, -0.05) is 48.5 Å². The standard InChI is InChI=1S/C21H21N5O/c27-21(24-18-9-5-2-6-10-18)26-13-11-25(12-14-26)20-15-19(22-16-23-20)17-7-3-1-4-8-17/h1-10,15-16H,11-14H2,(H,24,27). The Labute approximate surface area is 158 Å². The van der Waals surface area contributed by atoms with Crippen LogP contribution >= 0.6 is 0 Å². The topological polar surface area (TPSA) is 61.4 Å². The highest BCUT2D eigenvalue weighted by Gasteiger charge is 2.22. The molecule has 0 unspecified atom stereocenters. The van der Waals surface area contributed by atoms with Crippen LogP contribution in [-0.4, -0.2) is 47.1 Å². The molecule has 0 atom stereocenters. The number of nitrogens with zero attached hydrogens (tertiary/aromatic N) is 4. The second-order valence-corrected chi connectivity index (χ2v) is 6.40. The third kappa shape index (κ3) is 4.06. The smallest absolute Gasteiger partial charge is 0.321 e. The van der Waals surface area contributed by atoms with Gasteiger partial charge in [0.1, 0.15) is 12.1 Å². The fourth-order valence-corrected chi connectivity index (χ4v) is 3.15. The summed E-state index contributed by atoms with van der Waals surface area (Å²) in [5.74, 6) is 0.895. The minimum absolute atomic E-state index is 0.0616. The minimum atomic E-state index is -0.0616. The molecule has 2 amide bonds. The maximum absolute atomic E-state index is 12.4. The molecule has 6 heteroatoms. The van der Waals surface area contributed by atoms with Gasteiger partial charge in [0.15, 0.2) is 0 Å². The van der Waals surface area contributed by atoms with Crippen molar-refractivity contribution in [2.24, 2.45) is 0 Å². The number of urea groups is 1. The van der Waals surface area contributed by atoms with Gasteiger partial charge in [-0.2, -0.15) is 0 Å². The molecular weight excluding hydrogens is 338 g/mol. The van der Waals surface area contributed by atoms with Crippen molar-refractivity contribution < 1.29 is 4.79 Å². The summed E-state index contributed by atoms with van der Waals surface area (Å²) in [5, 5.41) is 2.94. The zero-order chi connectivity index (χ0) is 18.5. The molecule has 0 bridgehead atoms. The number of carbonyl (C=O) groups is 1. The van der Waals surface area contributed by atoms with E-state index in [0.29, 0.717) is 13.1 Å². The Morgan fingerprint density at radius 1 is 0.852 bits per heavy atom. The zero-order valence-electron chi connectivity index (χ0n) is 15.0. The van der Waals surface area contributed by atoms with Crippen LogP contribution in [0.25, 0.3) is 11.3 Å². The van der Waals surface area contributed by atoms with Crippen molar-refractivity contribution in [1.82, 2.24) is 14.9 Å². The van der Waals surface area contributed by atoms with E-state index < -0.39 is 0 Å². The molecule has 0 spiro atoms. The van der Waals surface area contributed by atoms with Gasteiger partial charge in [-0.3, -0.25) is 0 Å². The molecule has 4 rings (SSSR count). The lowest BCUT2D eigenvalue weighted by Gasteiger charge is -2.35. The molecule has 136 valence electrons. The first-order valence-corrected chi connectivity index (χ1v) is 9.03. The van der Waals surface area contributed by atoms with Crippen LogP contribution in [0.3, 0.4) is 0 Å². The molecule has 1 aliphatic rings. The van der Waals surface area contributed by atoms with Crippen LogP contribution in [0.15, 0.2) is 73.1 Å². The summed E-state index contributed by atoms with van der Waals surface area (Å²) in [4.78, 5) is 25.3. The average molecular weight is 359 g/mol. The predicted molar refractivity (Wildman–Crippen MR) is 107 cm³/mol. The fraction of sp³-hybridized carbons (Fsp3) is 0.190. The number of rotatable bonds is 3. The average Bonchev–Trinajstić information content (AvgIpc) is 2.75. The van der Waals surface area contributed by atoms with Crippen molar-refractivity contribution in [1.29, 1.82) is 0 Å². The van der Waals surface area contributed by atoms with E-state index in [2.05, 4.69) is 20.2 Å². The van der Waals surface area contributed by atoms with E-state index in [-0.39, 0.29) is 6.03 Å². The Bertz CT molecular complexity index is 893. The molecule has 0 radical (unpaired) electrons. The maximum atomic E-state index is 12.4. The molecule has 2 heterocycles. The van der Waals surface area contributed by atoms with E-state index in [1.54, 1.807) is 6.33 Å². The SMILES string of the molecule is O=C(Nc1ccccc1)N1CCN(c2cc(-c3ccccc3)ncn2)CC1. The first kappa shape index (κ1) is 17.0. The summed E-state index contributed by atoms with van der Waals surface area (Å²) in [6.07, 6.45) is 1.60. The highest BCUT2D eigenvalue weighted by Crippen LogP contribution is 2.21. The molecule has 1 N–H and O–H groups in total. The monoisotopic (exact) mass is 359 g/mol. The summed E-state index contributed by atoms with van der Waals surface area (Å²) >= 11 is 0. The van der Waals surface area contributed by atoms with Gasteiger partial charge >= 0.3 is 6.03 Å². The predicted octanol–water partition coefficient (Wildman–Crippen LogP) is 3.50. The fourth-order valence-electron chi connectivity index (χ4n) is 3.15. The number of aromatic nitrogens is 2. The van der Waals surface area contributed by atoms with Crippen molar-refractivity contribution in [2.45, 2.75) is 0 Å². The van der Waals surface area contributed by atoms with Crippen molar-refractivity contribution in [3.05, 3.63) is 73.1 Å². The van der Waals surface area contributed by atoms with Crippen LogP contribution in [0.2, 0.25) is 0 Å². The minimum Gasteiger partial charge on any atom is -0.353 e. The van der Waals surface area contributed by atoms with Gasteiger partial charge < -0.3 is 15.1 Å². The number of benzene rings is 2. The molecule has 2 aromatic carbocycles. The quantitative estimate of drug-likeness (QED) is 0.777. The van der Waals surface area contributed by atoms with Gasteiger partial charge in [0.05, 0.1) is 5.69 Å². The van der Waals surface area contributed by atoms with Crippen LogP contribution in [-0.2, 0) is 0 Å². The van der Waals surface area contributed by atoms with E-state index in [9.17, 15) is 4.79 Å². The number of hydrogen-bond acceptors (Lipinski definition) is 4. The summed E-state index contributed by atoms with van der Waals surface area (Å²) in [5.41, 5.74) is 2.79. The third-order valence-electron chi connectivity index (χ3n) is 4.64. The van der Waals surface area contributed by atoms with Crippen LogP contribution < -0.4 is 10.2 Å². The van der Waals surface area contributed by atoms with Crippen molar-refractivity contribution in [3.8, 4) is 11.3 Å². The van der Waals surface area contributed by atoms with E-state index in [1.807, 2.05) is 71.6 Å². The van der Waals surface area contributed by atoms with Gasteiger partial charge in [0.2, 0.25) is 0 Å². The lowest BCUT2D eigenvalue weighted by atomic mass is 10.1. The molecule has 0 aliphatic carbocycles. The number of hydrogen-bond donors (Lipinski definition) is 1. The second kappa shape index (κ2) is 7.86. The highest BCUT2D eigenvalue weighted by molar-refractivity contribution is 5.89. The largest absolute Gasteiger partial charge is 0.353 e. The summed E-state index contributed by atoms with van der Waals surface area (Å²) < 4.78 is 0. The van der Waals surface area contributed by atoms with E-state index in [4.69, 9.17) is 0 Å². The summed E-state index contributed by atoms with van der Waals surface area (Å²) in [6.45, 7) is 2.80. The number of para-hydroxylation sites is 1. The molecule has 1 aliphatic heterocycles. The first-order valence-electron chi connectivity index (χ1n) is 9.03. The van der Waals surface area contributed by atoms with Gasteiger partial charge in [-0.15, -0.1) is 0 Å². The van der Waals surface area contributed by atoms with Gasteiger partial charge in [-0.25, -0.2) is 14.8 Å². The number of piperazine rings is 1. The maximum Gasteiger partial charge on any atom is 0.321 e. The second-order valence-electron chi connectivity index (χ2n) is 6.40. The lowest BCUT2D eigenvalue weighted by molar-refractivity contribution is 0.208. The van der Waals surface area contributed by atoms with Crippen molar-refractivity contribution in [2.75, 3.05) is 36.4 Å².